The molecule has 0 aliphatic carbocycles. The topological polar surface area (TPSA) is 208 Å². The highest BCUT2D eigenvalue weighted by molar-refractivity contribution is 5.74. The van der Waals surface area contributed by atoms with E-state index in [1.54, 1.807) is 36.5 Å². The van der Waals surface area contributed by atoms with Crippen molar-refractivity contribution < 1.29 is 55.5 Å². The minimum absolute atomic E-state index is 0.0652. The second kappa shape index (κ2) is 19.1. The molecule has 1 aliphatic heterocycles. The molecule has 0 fully saturated rings. The first-order chi connectivity index (χ1) is 19.3. The van der Waals surface area contributed by atoms with Crippen LogP contribution in [0, 0.1) is 5.92 Å². The fourth-order valence-corrected chi connectivity index (χ4v) is 4.25. The van der Waals surface area contributed by atoms with Gasteiger partial charge >= 0.3 is 5.97 Å². The number of aliphatic hydroxyl groups excluding tert-OH is 9. The highest BCUT2D eigenvalue weighted by Gasteiger charge is 2.43. The average Bonchev–Trinajstić information content (AvgIpc) is 2.93. The lowest BCUT2D eigenvalue weighted by atomic mass is 9.85. The van der Waals surface area contributed by atoms with Crippen molar-refractivity contribution in [1.82, 2.24) is 0 Å². The lowest BCUT2D eigenvalue weighted by Crippen LogP contribution is -2.53. The van der Waals surface area contributed by atoms with Gasteiger partial charge in [0.2, 0.25) is 0 Å². The first kappa shape index (κ1) is 36.8. The van der Waals surface area contributed by atoms with Crippen molar-refractivity contribution in [2.45, 2.75) is 114 Å². The van der Waals surface area contributed by atoms with Crippen molar-refractivity contribution >= 4 is 5.97 Å². The van der Waals surface area contributed by atoms with Crippen molar-refractivity contribution in [2.75, 3.05) is 0 Å². The van der Waals surface area contributed by atoms with E-state index in [1.807, 2.05) is 6.92 Å². The maximum Gasteiger partial charge on any atom is 0.314 e. The van der Waals surface area contributed by atoms with Crippen LogP contribution in [-0.4, -0.2) is 113 Å². The van der Waals surface area contributed by atoms with Gasteiger partial charge in [-0.05, 0) is 25.8 Å². The van der Waals surface area contributed by atoms with Crippen LogP contribution in [0.1, 0.15) is 52.9 Å². The smallest absolute Gasteiger partial charge is 0.314 e. The molecule has 11 nitrogen and oxygen atoms in total. The molecule has 9 N–H and O–H groups in total. The van der Waals surface area contributed by atoms with Crippen LogP contribution in [0.3, 0.4) is 0 Å². The predicted octanol–water partition coefficient (Wildman–Crippen LogP) is -0.0625. The van der Waals surface area contributed by atoms with E-state index in [4.69, 9.17) is 4.74 Å². The highest BCUT2D eigenvalue weighted by Crippen LogP contribution is 2.24. The third-order valence-electron chi connectivity index (χ3n) is 7.04. The number of hydrogen-bond acceptors (Lipinski definition) is 11. The SMILES string of the molecule is CCCCCC(O)C1C(=O)OC(C)C(O)/C=C\C=CC=CC=C/C=C(/C)C(O)C(O)C(O)CC(O)C(O)C(O)C1O. The van der Waals surface area contributed by atoms with Crippen LogP contribution in [0.4, 0.5) is 0 Å². The second-order valence-corrected chi connectivity index (χ2v) is 10.4. The molecule has 11 heteroatoms. The average molecular weight is 585 g/mol. The molecule has 0 saturated carbocycles. The summed E-state index contributed by atoms with van der Waals surface area (Å²) in [7, 11) is 0. The molecule has 0 spiro atoms. The van der Waals surface area contributed by atoms with Crippen molar-refractivity contribution in [2.24, 2.45) is 5.92 Å². The molecule has 0 saturated heterocycles. The molecule has 0 aromatic rings. The third kappa shape index (κ3) is 12.3. The van der Waals surface area contributed by atoms with E-state index in [0.717, 1.165) is 12.8 Å². The molecule has 0 bridgehead atoms. The highest BCUT2D eigenvalue weighted by atomic mass is 16.6. The lowest BCUT2D eigenvalue weighted by Gasteiger charge is -2.34. The van der Waals surface area contributed by atoms with Crippen molar-refractivity contribution in [3.8, 4) is 0 Å². The van der Waals surface area contributed by atoms with E-state index in [0.29, 0.717) is 12.0 Å². The number of esters is 1. The van der Waals surface area contributed by atoms with E-state index < -0.39 is 79.3 Å². The normalized spacial score (nSPS) is 38.0. The molecule has 1 rings (SSSR count). The maximum atomic E-state index is 13.1. The van der Waals surface area contributed by atoms with Crippen LogP contribution in [0.2, 0.25) is 0 Å². The number of hydrogen-bond donors (Lipinski definition) is 9. The predicted molar refractivity (Wildman–Crippen MR) is 152 cm³/mol. The summed E-state index contributed by atoms with van der Waals surface area (Å²) < 4.78 is 5.29. The van der Waals surface area contributed by atoms with Crippen molar-refractivity contribution in [3.63, 3.8) is 0 Å². The zero-order valence-electron chi connectivity index (χ0n) is 23.9. The first-order valence-corrected chi connectivity index (χ1v) is 14.0. The zero-order chi connectivity index (χ0) is 31.1. The fourth-order valence-electron chi connectivity index (χ4n) is 4.25. The van der Waals surface area contributed by atoms with Gasteiger partial charge in [0.25, 0.3) is 0 Å². The van der Waals surface area contributed by atoms with E-state index >= 15 is 0 Å². The summed E-state index contributed by atoms with van der Waals surface area (Å²) in [4.78, 5) is 13.1. The van der Waals surface area contributed by atoms with Gasteiger partial charge in [-0.15, -0.1) is 0 Å². The quantitative estimate of drug-likeness (QED) is 0.154. The molecular weight excluding hydrogens is 536 g/mol. The van der Waals surface area contributed by atoms with E-state index in [9.17, 15) is 50.8 Å². The Hall–Kier alpha value is -2.19. The van der Waals surface area contributed by atoms with E-state index in [2.05, 4.69) is 0 Å². The van der Waals surface area contributed by atoms with Crippen LogP contribution >= 0.6 is 0 Å². The van der Waals surface area contributed by atoms with Crippen LogP contribution in [0.5, 0.6) is 0 Å². The Kier molecular flexibility index (Phi) is 17.1. The Morgan fingerprint density at radius 3 is 1.98 bits per heavy atom. The summed E-state index contributed by atoms with van der Waals surface area (Å²) in [5.41, 5.74) is 0.296. The zero-order valence-corrected chi connectivity index (χ0v) is 23.9. The summed E-state index contributed by atoms with van der Waals surface area (Å²) in [5.74, 6) is -2.88. The van der Waals surface area contributed by atoms with Gasteiger partial charge in [0.15, 0.2) is 0 Å². The number of allylic oxidation sites excluding steroid dienone is 8. The molecule has 41 heavy (non-hydrogen) atoms. The number of rotatable bonds is 5. The largest absolute Gasteiger partial charge is 0.459 e. The Labute approximate surface area is 241 Å². The number of aliphatic hydroxyl groups is 9. The van der Waals surface area contributed by atoms with Gasteiger partial charge in [-0.3, -0.25) is 4.79 Å². The van der Waals surface area contributed by atoms with Crippen LogP contribution in [0.25, 0.3) is 0 Å². The van der Waals surface area contributed by atoms with Crippen LogP contribution in [-0.2, 0) is 9.53 Å². The minimum atomic E-state index is -2.18. The van der Waals surface area contributed by atoms with Gasteiger partial charge in [-0.1, -0.05) is 80.9 Å². The van der Waals surface area contributed by atoms with Crippen LogP contribution in [0.15, 0.2) is 60.3 Å². The summed E-state index contributed by atoms with van der Waals surface area (Å²) >= 11 is 0. The Morgan fingerprint density at radius 2 is 1.37 bits per heavy atom. The summed E-state index contributed by atoms with van der Waals surface area (Å²) in [5, 5.41) is 94.8. The third-order valence-corrected chi connectivity index (χ3v) is 7.04. The molecule has 11 unspecified atom stereocenters. The van der Waals surface area contributed by atoms with Gasteiger partial charge in [-0.25, -0.2) is 0 Å². The van der Waals surface area contributed by atoms with Gasteiger partial charge in [0, 0.05) is 6.42 Å². The Bertz CT molecular complexity index is 912. The Morgan fingerprint density at radius 1 is 0.805 bits per heavy atom. The standard InChI is InChI=1S/C30H48O11/c1-4-5-11-16-21(32)24-28(38)29(39)27(37)23(34)17-22(33)26(36)25(35)18(2)14-12-9-7-6-8-10-13-15-20(31)19(3)41-30(24)40/h6-10,12-15,19-29,31-39H,4-5,11,16-17H2,1-3H3/b7-6?,10-8?,12-9?,15-13-,18-14-. The molecular formula is C30H48O11. The molecule has 0 aromatic heterocycles. The Balaban J connectivity index is 3.34. The van der Waals surface area contributed by atoms with Crippen LogP contribution < -0.4 is 0 Å². The molecule has 1 heterocycles. The fraction of sp³-hybridized carbons (Fsp3) is 0.633. The summed E-state index contributed by atoms with van der Waals surface area (Å²) in [6.07, 6.45) is -1.45. The van der Waals surface area contributed by atoms with E-state index in [1.165, 1.54) is 32.1 Å². The van der Waals surface area contributed by atoms with Crippen molar-refractivity contribution in [1.29, 1.82) is 0 Å². The van der Waals surface area contributed by atoms with Gasteiger partial charge in [0.05, 0.1) is 24.4 Å². The second-order valence-electron chi connectivity index (χ2n) is 10.4. The summed E-state index contributed by atoms with van der Waals surface area (Å²) in [6, 6.07) is 0. The number of unbranched alkanes of at least 4 members (excludes halogenated alkanes) is 2. The van der Waals surface area contributed by atoms with Gasteiger partial charge in [0.1, 0.15) is 42.5 Å². The minimum Gasteiger partial charge on any atom is -0.459 e. The first-order valence-electron chi connectivity index (χ1n) is 14.0. The van der Waals surface area contributed by atoms with E-state index in [-0.39, 0.29) is 6.42 Å². The molecule has 0 amide bonds. The maximum absolute atomic E-state index is 13.1. The molecule has 234 valence electrons. The lowest BCUT2D eigenvalue weighted by molar-refractivity contribution is -0.180. The summed E-state index contributed by atoms with van der Waals surface area (Å²) in [6.45, 7) is 4.86. The van der Waals surface area contributed by atoms with Crippen molar-refractivity contribution in [3.05, 3.63) is 60.3 Å². The molecule has 1 aliphatic rings. The number of cyclic esters (lactones) is 1. The monoisotopic (exact) mass is 584 g/mol. The number of ether oxygens (including phenoxy) is 1. The number of carbonyl (C=O) groups excluding carboxylic acids is 1. The number of carbonyl (C=O) groups is 1. The van der Waals surface area contributed by atoms with Gasteiger partial charge in [-0.2, -0.15) is 0 Å². The molecule has 0 aromatic carbocycles. The molecule has 0 radical (unpaired) electrons. The van der Waals surface area contributed by atoms with Gasteiger partial charge < -0.3 is 50.7 Å². The molecule has 11 atom stereocenters.